The number of methoxy groups -OCH3 is 2. The Morgan fingerprint density at radius 2 is 1.94 bits per heavy atom. The van der Waals surface area contributed by atoms with Crippen LogP contribution in [0.4, 0.5) is 5.69 Å². The zero-order valence-electron chi connectivity index (χ0n) is 9.39. The Balaban J connectivity index is 2.96. The Labute approximate surface area is 96.8 Å². The molecule has 2 aliphatic rings. The zero-order chi connectivity index (χ0) is 12.6. The van der Waals surface area contributed by atoms with Gasteiger partial charge in [-0.1, -0.05) is 0 Å². The molecule has 0 saturated carbocycles. The van der Waals surface area contributed by atoms with Crippen LogP contribution in [0.2, 0.25) is 0 Å². The second-order valence-corrected chi connectivity index (χ2v) is 3.38. The fourth-order valence-electron chi connectivity index (χ4n) is 1.71. The molecule has 0 fully saturated rings. The van der Waals surface area contributed by atoms with Gasteiger partial charge in [-0.3, -0.25) is 5.41 Å². The van der Waals surface area contributed by atoms with Crippen molar-refractivity contribution in [3.8, 4) is 22.6 Å². The van der Waals surface area contributed by atoms with Gasteiger partial charge in [0.25, 0.3) is 0 Å². The van der Waals surface area contributed by atoms with Crippen molar-refractivity contribution in [2.24, 2.45) is 0 Å². The van der Waals surface area contributed by atoms with E-state index in [4.69, 9.17) is 20.6 Å². The predicted octanol–water partition coefficient (Wildman–Crippen LogP) is 0.304. The van der Waals surface area contributed by atoms with Gasteiger partial charge in [0.2, 0.25) is 0 Å². The Bertz CT molecular complexity index is 593. The summed E-state index contributed by atoms with van der Waals surface area (Å²) in [6, 6.07) is 0. The largest absolute Gasteiger partial charge is 0.494 e. The average molecular weight is 236 g/mol. The van der Waals surface area contributed by atoms with Crippen LogP contribution in [0.3, 0.4) is 0 Å². The Morgan fingerprint density at radius 3 is 2.53 bits per heavy atom. The van der Waals surface area contributed by atoms with Crippen LogP contribution >= 0.6 is 0 Å². The third kappa shape index (κ3) is 1.52. The minimum atomic E-state index is 0.0364. The normalized spacial score (nSPS) is 10.5. The standard InChI is InChI=1S/C10H12N4O3/c1-16-9-5-3-13-14(15)4-6(5)10(17-2)8(12)7(9)11/h3-4,11,15H,12H2,1-2H3. The third-order valence-corrected chi connectivity index (χ3v) is 2.48. The lowest BCUT2D eigenvalue weighted by Crippen LogP contribution is -2.16. The van der Waals surface area contributed by atoms with Gasteiger partial charge in [-0.05, 0) is 0 Å². The number of hydrogen-bond acceptors (Lipinski definition) is 6. The quantitative estimate of drug-likeness (QED) is 0.513. The van der Waals surface area contributed by atoms with Crippen molar-refractivity contribution in [3.05, 3.63) is 17.8 Å². The van der Waals surface area contributed by atoms with Crippen LogP contribution in [0, 0.1) is 5.41 Å². The number of anilines is 1. The van der Waals surface area contributed by atoms with Gasteiger partial charge < -0.3 is 20.4 Å². The van der Waals surface area contributed by atoms with Crippen molar-refractivity contribution in [3.63, 3.8) is 0 Å². The summed E-state index contributed by atoms with van der Waals surface area (Å²) >= 11 is 0. The van der Waals surface area contributed by atoms with Crippen molar-refractivity contribution >= 4 is 5.69 Å². The van der Waals surface area contributed by atoms with E-state index in [9.17, 15) is 5.21 Å². The lowest BCUT2D eigenvalue weighted by atomic mass is 10.0. The van der Waals surface area contributed by atoms with Gasteiger partial charge in [-0.25, -0.2) is 0 Å². The van der Waals surface area contributed by atoms with Gasteiger partial charge in [-0.15, -0.1) is 9.94 Å². The molecular formula is C10H12N4O3. The van der Waals surface area contributed by atoms with E-state index in [1.54, 1.807) is 0 Å². The highest BCUT2D eigenvalue weighted by atomic mass is 16.5. The highest BCUT2D eigenvalue weighted by Crippen LogP contribution is 2.38. The zero-order valence-corrected chi connectivity index (χ0v) is 9.39. The molecule has 1 aliphatic carbocycles. The number of aromatic nitrogens is 2. The summed E-state index contributed by atoms with van der Waals surface area (Å²) in [6.45, 7) is 0. The van der Waals surface area contributed by atoms with Gasteiger partial charge >= 0.3 is 0 Å². The molecule has 0 bridgehead atoms. The van der Waals surface area contributed by atoms with E-state index in [1.165, 1.54) is 26.6 Å². The summed E-state index contributed by atoms with van der Waals surface area (Å²) in [5.41, 5.74) is 7.01. The van der Waals surface area contributed by atoms with E-state index in [-0.39, 0.29) is 11.0 Å². The first-order valence-corrected chi connectivity index (χ1v) is 4.76. The van der Waals surface area contributed by atoms with Crippen LogP contribution in [0.25, 0.3) is 11.1 Å². The minimum absolute atomic E-state index is 0.0364. The number of nitrogens with one attached hydrogen (secondary N) is 1. The maximum Gasteiger partial charge on any atom is 0.155 e. The van der Waals surface area contributed by atoms with Gasteiger partial charge in [0, 0.05) is 0 Å². The Morgan fingerprint density at radius 1 is 1.29 bits per heavy atom. The fourth-order valence-corrected chi connectivity index (χ4v) is 1.71. The maximum absolute atomic E-state index is 9.30. The number of nitrogens with zero attached hydrogens (tertiary/aromatic N) is 2. The first-order valence-electron chi connectivity index (χ1n) is 4.76. The number of rotatable bonds is 2. The molecule has 2 rings (SSSR count). The summed E-state index contributed by atoms with van der Waals surface area (Å²) in [7, 11) is 2.89. The molecule has 1 heterocycles. The highest BCUT2D eigenvalue weighted by molar-refractivity contribution is 5.82. The van der Waals surface area contributed by atoms with Crippen LogP contribution in [-0.2, 0) is 0 Å². The van der Waals surface area contributed by atoms with E-state index < -0.39 is 0 Å². The molecule has 0 saturated heterocycles. The third-order valence-electron chi connectivity index (χ3n) is 2.48. The Hall–Kier alpha value is -2.44. The van der Waals surface area contributed by atoms with Crippen LogP contribution < -0.4 is 20.6 Å². The van der Waals surface area contributed by atoms with Crippen LogP contribution in [-0.4, -0.2) is 29.4 Å². The maximum atomic E-state index is 9.30. The van der Waals surface area contributed by atoms with Crippen molar-refractivity contribution in [1.29, 1.82) is 5.41 Å². The highest BCUT2D eigenvalue weighted by Gasteiger charge is 2.21. The van der Waals surface area contributed by atoms with Crippen LogP contribution in [0.5, 0.6) is 11.5 Å². The van der Waals surface area contributed by atoms with Crippen LogP contribution in [0.15, 0.2) is 12.4 Å². The first-order chi connectivity index (χ1) is 8.10. The molecule has 7 nitrogen and oxygen atoms in total. The van der Waals surface area contributed by atoms with Gasteiger partial charge in [0.05, 0.1) is 37.7 Å². The van der Waals surface area contributed by atoms with E-state index >= 15 is 0 Å². The number of ether oxygens (including phenoxy) is 2. The topological polar surface area (TPSA) is 106 Å². The van der Waals surface area contributed by atoms with Crippen molar-refractivity contribution in [1.82, 2.24) is 9.94 Å². The SMILES string of the molecule is COc1c2cn(O)ncc-2c(OC)c(=N)c1N. The number of benzene rings is 1. The number of fused-ring (bicyclic) bond motifs is 1. The second-order valence-electron chi connectivity index (χ2n) is 3.38. The monoisotopic (exact) mass is 236 g/mol. The summed E-state index contributed by atoms with van der Waals surface area (Å²) < 4.78 is 10.3. The lowest BCUT2D eigenvalue weighted by Gasteiger charge is -2.16. The molecule has 0 spiro atoms. The Kier molecular flexibility index (Phi) is 2.51. The molecular weight excluding hydrogens is 224 g/mol. The average Bonchev–Trinajstić information content (AvgIpc) is 2.32. The smallest absolute Gasteiger partial charge is 0.155 e. The van der Waals surface area contributed by atoms with Gasteiger partial charge in [0.15, 0.2) is 11.5 Å². The van der Waals surface area contributed by atoms with Gasteiger partial charge in [0.1, 0.15) is 11.0 Å². The molecule has 0 unspecified atom stereocenters. The van der Waals surface area contributed by atoms with Crippen molar-refractivity contribution in [2.45, 2.75) is 0 Å². The first kappa shape index (κ1) is 11.1. The van der Waals surface area contributed by atoms with Crippen molar-refractivity contribution in [2.75, 3.05) is 20.0 Å². The van der Waals surface area contributed by atoms with Crippen LogP contribution in [0.1, 0.15) is 0 Å². The van der Waals surface area contributed by atoms with E-state index in [2.05, 4.69) is 5.10 Å². The molecule has 0 atom stereocenters. The summed E-state index contributed by atoms with van der Waals surface area (Å²) in [5, 5.41) is 20.9. The molecule has 0 aromatic carbocycles. The van der Waals surface area contributed by atoms with E-state index in [0.717, 1.165) is 0 Å². The molecule has 0 aromatic rings. The van der Waals surface area contributed by atoms with Crippen molar-refractivity contribution < 1.29 is 14.7 Å². The second kappa shape index (κ2) is 3.85. The molecule has 0 aromatic heterocycles. The number of nitrogen functional groups attached to an aromatic ring is 1. The molecule has 0 amide bonds. The summed E-state index contributed by atoms with van der Waals surface area (Å²) in [6.07, 6.45) is 2.72. The molecule has 4 N–H and O–H groups in total. The number of nitrogens with two attached hydrogens (primary N) is 1. The van der Waals surface area contributed by atoms with E-state index in [0.29, 0.717) is 27.5 Å². The lowest BCUT2D eigenvalue weighted by molar-refractivity contribution is 0.144. The summed E-state index contributed by atoms with van der Waals surface area (Å²) in [5.74, 6) is 0.613. The molecule has 1 aliphatic heterocycles. The molecule has 0 radical (unpaired) electrons. The molecule has 7 heteroatoms. The molecule has 17 heavy (non-hydrogen) atoms. The molecule has 90 valence electrons. The fraction of sp³-hybridized carbons (Fsp3) is 0.200. The van der Waals surface area contributed by atoms with Gasteiger partial charge in [-0.2, -0.15) is 0 Å². The summed E-state index contributed by atoms with van der Waals surface area (Å²) in [4.78, 5) is 0.646. The minimum Gasteiger partial charge on any atom is -0.494 e. The predicted molar refractivity (Wildman–Crippen MR) is 59.4 cm³/mol. The van der Waals surface area contributed by atoms with E-state index in [1.807, 2.05) is 0 Å². The number of hydrogen-bond donors (Lipinski definition) is 3.